The summed E-state index contributed by atoms with van der Waals surface area (Å²) < 4.78 is 0. The number of pyridine rings is 1. The number of carboxylic acid groups (broad SMARTS) is 1. The van der Waals surface area contributed by atoms with Gasteiger partial charge in [-0.15, -0.1) is 11.8 Å². The maximum atomic E-state index is 12.2. The molecule has 2 fully saturated rings. The van der Waals surface area contributed by atoms with E-state index in [0.29, 0.717) is 0 Å². The predicted octanol–water partition coefficient (Wildman–Crippen LogP) is 0.932. The van der Waals surface area contributed by atoms with E-state index in [2.05, 4.69) is 14.8 Å². The molecule has 154 valence electrons. The number of nitrogens with two attached hydrogens (primary N) is 1. The highest BCUT2D eigenvalue weighted by Gasteiger charge is 2.24. The molecule has 9 heteroatoms. The van der Waals surface area contributed by atoms with Gasteiger partial charge in [0.2, 0.25) is 5.91 Å². The smallest absolute Gasteiger partial charge is 0.337 e. The molecule has 0 radical (unpaired) electrons. The van der Waals surface area contributed by atoms with Gasteiger partial charge in [-0.1, -0.05) is 6.42 Å². The molecule has 3 heterocycles. The number of anilines is 1. The Morgan fingerprint density at radius 2 is 1.96 bits per heavy atom. The molecule has 0 aromatic carbocycles. The normalized spacial score (nSPS) is 19.0. The summed E-state index contributed by atoms with van der Waals surface area (Å²) in [5.41, 5.74) is 6.27. The van der Waals surface area contributed by atoms with E-state index in [1.54, 1.807) is 23.9 Å². The van der Waals surface area contributed by atoms with Crippen LogP contribution in [0.4, 0.5) is 5.82 Å². The van der Waals surface area contributed by atoms with E-state index < -0.39 is 5.97 Å². The van der Waals surface area contributed by atoms with Crippen molar-refractivity contribution in [2.24, 2.45) is 5.73 Å². The monoisotopic (exact) mass is 407 g/mol. The molecule has 0 spiro atoms. The Labute approximate surface area is 170 Å². The van der Waals surface area contributed by atoms with Crippen LogP contribution in [0.1, 0.15) is 29.6 Å². The van der Waals surface area contributed by atoms with Gasteiger partial charge in [0.25, 0.3) is 0 Å². The van der Waals surface area contributed by atoms with Gasteiger partial charge in [-0.05, 0) is 31.5 Å². The third-order valence-corrected chi connectivity index (χ3v) is 6.28. The highest BCUT2D eigenvalue weighted by Crippen LogP contribution is 2.16. The summed E-state index contributed by atoms with van der Waals surface area (Å²) in [5.74, 6) is 1.77. The van der Waals surface area contributed by atoms with Crippen LogP contribution in [0.15, 0.2) is 18.3 Å². The van der Waals surface area contributed by atoms with Crippen molar-refractivity contribution in [1.82, 2.24) is 14.8 Å². The molecular formula is C19H29N5O3S. The summed E-state index contributed by atoms with van der Waals surface area (Å²) in [6.07, 6.45) is 4.17. The fraction of sp³-hybridized carbons (Fsp3) is 0.632. The number of hydrogen-bond donors (Lipinski definition) is 2. The summed E-state index contributed by atoms with van der Waals surface area (Å²) in [4.78, 5) is 33.9. The van der Waals surface area contributed by atoms with Gasteiger partial charge in [-0.2, -0.15) is 0 Å². The molecule has 1 amide bonds. The molecule has 3 N–H and O–H groups in total. The SMILES string of the molecule is N[C@@H](CCCCN1CCN(c2ccc(C(=O)O)cn2)CC1)C(=O)N1CCSC1. The molecule has 3 rings (SSSR count). The molecule has 0 unspecified atom stereocenters. The number of carbonyl (C=O) groups excluding carboxylic acids is 1. The average molecular weight is 408 g/mol. The van der Waals surface area contributed by atoms with E-state index >= 15 is 0 Å². The number of aromatic carboxylic acids is 1. The summed E-state index contributed by atoms with van der Waals surface area (Å²) in [6, 6.07) is 3.01. The summed E-state index contributed by atoms with van der Waals surface area (Å²) in [6.45, 7) is 5.51. The standard InChI is InChI=1S/C19H29N5O3S/c20-16(18(25)24-11-12-28-14-24)3-1-2-6-22-7-9-23(10-8-22)17-5-4-15(13-21-17)19(26)27/h4-5,13,16H,1-3,6-12,14,20H2,(H,26,27)/t16-/m0/s1. The minimum absolute atomic E-state index is 0.0973. The van der Waals surface area contributed by atoms with Gasteiger partial charge in [-0.3, -0.25) is 9.69 Å². The van der Waals surface area contributed by atoms with Crippen LogP contribution in [0.25, 0.3) is 0 Å². The number of piperazine rings is 1. The van der Waals surface area contributed by atoms with Gasteiger partial charge in [0.05, 0.1) is 17.5 Å². The van der Waals surface area contributed by atoms with Crippen LogP contribution < -0.4 is 10.6 Å². The molecule has 2 aliphatic rings. The molecule has 8 nitrogen and oxygen atoms in total. The zero-order valence-corrected chi connectivity index (χ0v) is 16.9. The molecule has 1 atom stereocenters. The van der Waals surface area contributed by atoms with Crippen LogP contribution >= 0.6 is 11.8 Å². The van der Waals surface area contributed by atoms with E-state index in [-0.39, 0.29) is 17.5 Å². The van der Waals surface area contributed by atoms with Crippen LogP contribution in [-0.4, -0.2) is 88.7 Å². The van der Waals surface area contributed by atoms with Crippen molar-refractivity contribution in [1.29, 1.82) is 0 Å². The summed E-state index contributed by atoms with van der Waals surface area (Å²) in [7, 11) is 0. The Bertz CT molecular complexity index is 658. The number of nitrogens with zero attached hydrogens (tertiary/aromatic N) is 4. The quantitative estimate of drug-likeness (QED) is 0.614. The Balaban J connectivity index is 1.32. The molecule has 1 aromatic rings. The van der Waals surface area contributed by atoms with Crippen molar-refractivity contribution in [3.63, 3.8) is 0 Å². The van der Waals surface area contributed by atoms with Crippen molar-refractivity contribution in [2.75, 3.05) is 55.8 Å². The van der Waals surface area contributed by atoms with Gasteiger partial charge in [0.15, 0.2) is 0 Å². The zero-order valence-electron chi connectivity index (χ0n) is 16.1. The number of amides is 1. The molecule has 0 saturated carbocycles. The van der Waals surface area contributed by atoms with Crippen LogP contribution in [0.5, 0.6) is 0 Å². The number of rotatable bonds is 8. The predicted molar refractivity (Wildman–Crippen MR) is 111 cm³/mol. The van der Waals surface area contributed by atoms with E-state index in [1.165, 1.54) is 6.20 Å². The lowest BCUT2D eigenvalue weighted by molar-refractivity contribution is -0.131. The number of carbonyl (C=O) groups is 2. The van der Waals surface area contributed by atoms with Gasteiger partial charge in [0.1, 0.15) is 5.82 Å². The van der Waals surface area contributed by atoms with E-state index in [0.717, 1.165) is 76.0 Å². The van der Waals surface area contributed by atoms with Crippen molar-refractivity contribution in [2.45, 2.75) is 25.3 Å². The summed E-state index contributed by atoms with van der Waals surface area (Å²) in [5, 5.41) is 8.95. The first-order chi connectivity index (χ1) is 13.5. The lowest BCUT2D eigenvalue weighted by Crippen LogP contribution is -2.47. The molecule has 0 aliphatic carbocycles. The third kappa shape index (κ3) is 5.59. The van der Waals surface area contributed by atoms with Gasteiger partial charge < -0.3 is 20.6 Å². The summed E-state index contributed by atoms with van der Waals surface area (Å²) >= 11 is 1.78. The number of carboxylic acids is 1. The average Bonchev–Trinajstić information content (AvgIpc) is 3.26. The second-order valence-electron chi connectivity index (χ2n) is 7.28. The Morgan fingerprint density at radius 1 is 1.18 bits per heavy atom. The lowest BCUT2D eigenvalue weighted by atomic mass is 10.1. The van der Waals surface area contributed by atoms with Crippen molar-refractivity contribution in [3.05, 3.63) is 23.9 Å². The first-order valence-corrected chi connectivity index (χ1v) is 11.0. The fourth-order valence-electron chi connectivity index (χ4n) is 3.55. The van der Waals surface area contributed by atoms with E-state index in [1.807, 2.05) is 4.90 Å². The van der Waals surface area contributed by atoms with Crippen LogP contribution in [0, 0.1) is 0 Å². The topological polar surface area (TPSA) is 103 Å². The molecule has 1 aromatic heterocycles. The van der Waals surface area contributed by atoms with Crippen LogP contribution in [0.2, 0.25) is 0 Å². The first-order valence-electron chi connectivity index (χ1n) is 9.83. The highest BCUT2D eigenvalue weighted by molar-refractivity contribution is 7.99. The maximum Gasteiger partial charge on any atom is 0.337 e. The second-order valence-corrected chi connectivity index (χ2v) is 8.35. The van der Waals surface area contributed by atoms with E-state index in [4.69, 9.17) is 10.8 Å². The zero-order chi connectivity index (χ0) is 19.9. The van der Waals surface area contributed by atoms with Crippen molar-refractivity contribution < 1.29 is 14.7 Å². The van der Waals surface area contributed by atoms with Crippen LogP contribution in [0.3, 0.4) is 0 Å². The fourth-order valence-corrected chi connectivity index (χ4v) is 4.50. The first kappa shape index (κ1) is 20.9. The molecule has 2 saturated heterocycles. The Kier molecular flexibility index (Phi) is 7.52. The molecule has 28 heavy (non-hydrogen) atoms. The lowest BCUT2D eigenvalue weighted by Gasteiger charge is -2.35. The molecule has 0 bridgehead atoms. The number of hydrogen-bond acceptors (Lipinski definition) is 7. The van der Waals surface area contributed by atoms with Gasteiger partial charge in [0, 0.05) is 44.7 Å². The third-order valence-electron chi connectivity index (χ3n) is 5.31. The highest BCUT2D eigenvalue weighted by atomic mass is 32.2. The molecule has 2 aliphatic heterocycles. The van der Waals surface area contributed by atoms with Crippen molar-refractivity contribution in [3.8, 4) is 0 Å². The second kappa shape index (κ2) is 10.1. The maximum absolute atomic E-state index is 12.2. The largest absolute Gasteiger partial charge is 0.478 e. The minimum atomic E-state index is -0.954. The number of thioether (sulfide) groups is 1. The molecular weight excluding hydrogens is 378 g/mol. The van der Waals surface area contributed by atoms with E-state index in [9.17, 15) is 9.59 Å². The van der Waals surface area contributed by atoms with Crippen LogP contribution in [-0.2, 0) is 4.79 Å². The Morgan fingerprint density at radius 3 is 2.57 bits per heavy atom. The number of unbranched alkanes of at least 4 members (excludes halogenated alkanes) is 1. The van der Waals surface area contributed by atoms with Crippen molar-refractivity contribution >= 4 is 29.5 Å². The Hall–Kier alpha value is -1.84. The number of aromatic nitrogens is 1. The minimum Gasteiger partial charge on any atom is -0.478 e. The van der Waals surface area contributed by atoms with Gasteiger partial charge >= 0.3 is 5.97 Å². The van der Waals surface area contributed by atoms with Gasteiger partial charge in [-0.25, -0.2) is 9.78 Å².